The largest absolute Gasteiger partial charge is 0.350 e. The van der Waals surface area contributed by atoms with Gasteiger partial charge < -0.3 is 5.32 Å². The summed E-state index contributed by atoms with van der Waals surface area (Å²) in [6, 6.07) is 11.4. The van der Waals surface area contributed by atoms with E-state index in [9.17, 15) is 17.6 Å². The first-order valence-electron chi connectivity index (χ1n) is 7.97. The van der Waals surface area contributed by atoms with Gasteiger partial charge in [0.1, 0.15) is 5.82 Å². The van der Waals surface area contributed by atoms with E-state index in [2.05, 4.69) is 10.0 Å². The second-order valence-corrected chi connectivity index (χ2v) is 7.53. The molecule has 2 rings (SSSR count). The number of nitrogens with one attached hydrogen (secondary N) is 2. The Labute approximate surface area is 147 Å². The second-order valence-electron chi connectivity index (χ2n) is 5.76. The minimum atomic E-state index is -3.72. The van der Waals surface area contributed by atoms with Crippen LogP contribution in [0.15, 0.2) is 53.4 Å². The van der Waals surface area contributed by atoms with Crippen molar-refractivity contribution in [3.8, 4) is 0 Å². The lowest BCUT2D eigenvalue weighted by Gasteiger charge is -2.12. The number of amides is 1. The Morgan fingerprint density at radius 1 is 1.08 bits per heavy atom. The maximum absolute atomic E-state index is 12.9. The lowest BCUT2D eigenvalue weighted by molar-refractivity contribution is 0.0939. The van der Waals surface area contributed by atoms with E-state index in [4.69, 9.17) is 0 Å². The predicted octanol–water partition coefficient (Wildman–Crippen LogP) is 2.83. The molecule has 0 radical (unpaired) electrons. The SMILES string of the molecule is CC[C@H](C)NC(=O)c1ccc(CNS(=O)(=O)c2ccc(F)cc2)cc1. The Morgan fingerprint density at radius 3 is 2.24 bits per heavy atom. The van der Waals surface area contributed by atoms with Gasteiger partial charge in [0, 0.05) is 18.2 Å². The van der Waals surface area contributed by atoms with E-state index < -0.39 is 15.8 Å². The summed E-state index contributed by atoms with van der Waals surface area (Å²) in [7, 11) is -3.72. The molecule has 1 amide bonds. The van der Waals surface area contributed by atoms with Crippen molar-refractivity contribution in [2.75, 3.05) is 0 Å². The van der Waals surface area contributed by atoms with Gasteiger partial charge in [0.2, 0.25) is 10.0 Å². The van der Waals surface area contributed by atoms with Gasteiger partial charge in [0.05, 0.1) is 4.90 Å². The molecule has 2 aromatic carbocycles. The van der Waals surface area contributed by atoms with Crippen LogP contribution in [0.5, 0.6) is 0 Å². The molecule has 0 aliphatic rings. The minimum absolute atomic E-state index is 0.00143. The number of benzene rings is 2. The number of carbonyl (C=O) groups excluding carboxylic acids is 1. The maximum Gasteiger partial charge on any atom is 0.251 e. The van der Waals surface area contributed by atoms with Gasteiger partial charge in [-0.05, 0) is 55.3 Å². The standard InChI is InChI=1S/C18H21FN2O3S/c1-3-13(2)21-18(22)15-6-4-14(5-7-15)12-20-25(23,24)17-10-8-16(19)9-11-17/h4-11,13,20H,3,12H2,1-2H3,(H,21,22)/t13-/m0/s1. The van der Waals surface area contributed by atoms with Crippen LogP contribution >= 0.6 is 0 Å². The number of hydrogen-bond donors (Lipinski definition) is 2. The van der Waals surface area contributed by atoms with Crippen LogP contribution in [-0.4, -0.2) is 20.4 Å². The monoisotopic (exact) mass is 364 g/mol. The molecule has 2 N–H and O–H groups in total. The lowest BCUT2D eigenvalue weighted by atomic mass is 10.1. The zero-order valence-electron chi connectivity index (χ0n) is 14.1. The molecule has 0 heterocycles. The predicted molar refractivity (Wildman–Crippen MR) is 94.1 cm³/mol. The molecule has 25 heavy (non-hydrogen) atoms. The Kier molecular flexibility index (Phi) is 6.27. The van der Waals surface area contributed by atoms with Crippen LogP contribution in [0.2, 0.25) is 0 Å². The molecule has 0 spiro atoms. The first-order chi connectivity index (χ1) is 11.8. The van der Waals surface area contributed by atoms with Gasteiger partial charge >= 0.3 is 0 Å². The van der Waals surface area contributed by atoms with Crippen LogP contribution in [0.3, 0.4) is 0 Å². The molecular formula is C18H21FN2O3S. The number of hydrogen-bond acceptors (Lipinski definition) is 3. The van der Waals surface area contributed by atoms with E-state index >= 15 is 0 Å². The minimum Gasteiger partial charge on any atom is -0.350 e. The quantitative estimate of drug-likeness (QED) is 0.793. The molecule has 0 aliphatic heterocycles. The van der Waals surface area contributed by atoms with Gasteiger partial charge in [-0.1, -0.05) is 19.1 Å². The normalized spacial score (nSPS) is 12.6. The van der Waals surface area contributed by atoms with E-state index in [0.717, 1.165) is 18.6 Å². The fourth-order valence-corrected chi connectivity index (χ4v) is 3.08. The van der Waals surface area contributed by atoms with Crippen LogP contribution < -0.4 is 10.0 Å². The summed E-state index contributed by atoms with van der Waals surface area (Å²) in [5.41, 5.74) is 1.23. The summed E-state index contributed by atoms with van der Waals surface area (Å²) in [6.45, 7) is 3.99. The van der Waals surface area contributed by atoms with E-state index in [0.29, 0.717) is 11.1 Å². The third-order valence-electron chi connectivity index (χ3n) is 3.80. The van der Waals surface area contributed by atoms with E-state index in [1.54, 1.807) is 24.3 Å². The number of carbonyl (C=O) groups is 1. The summed E-state index contributed by atoms with van der Waals surface area (Å²) >= 11 is 0. The van der Waals surface area contributed by atoms with Crippen molar-refractivity contribution >= 4 is 15.9 Å². The molecule has 2 aromatic rings. The van der Waals surface area contributed by atoms with Gasteiger partial charge in [-0.25, -0.2) is 17.5 Å². The first-order valence-corrected chi connectivity index (χ1v) is 9.45. The van der Waals surface area contributed by atoms with Gasteiger partial charge in [-0.3, -0.25) is 4.79 Å². The summed E-state index contributed by atoms with van der Waals surface area (Å²) in [5.74, 6) is -0.655. The maximum atomic E-state index is 12.9. The van der Waals surface area contributed by atoms with Crippen molar-refractivity contribution in [1.29, 1.82) is 0 Å². The van der Waals surface area contributed by atoms with Crippen LogP contribution in [0.4, 0.5) is 4.39 Å². The Hall–Kier alpha value is -2.25. The lowest BCUT2D eigenvalue weighted by Crippen LogP contribution is -2.31. The van der Waals surface area contributed by atoms with Crippen LogP contribution in [-0.2, 0) is 16.6 Å². The van der Waals surface area contributed by atoms with E-state index in [1.165, 1.54) is 12.1 Å². The highest BCUT2D eigenvalue weighted by Crippen LogP contribution is 2.11. The molecule has 0 saturated heterocycles. The highest BCUT2D eigenvalue weighted by molar-refractivity contribution is 7.89. The van der Waals surface area contributed by atoms with Gasteiger partial charge in [-0.2, -0.15) is 0 Å². The topological polar surface area (TPSA) is 75.3 Å². The third-order valence-corrected chi connectivity index (χ3v) is 5.21. The van der Waals surface area contributed by atoms with Crippen molar-refractivity contribution in [3.63, 3.8) is 0 Å². The summed E-state index contributed by atoms with van der Waals surface area (Å²) in [6.07, 6.45) is 0.842. The molecule has 0 fully saturated rings. The molecule has 0 saturated carbocycles. The van der Waals surface area contributed by atoms with Crippen molar-refractivity contribution in [1.82, 2.24) is 10.0 Å². The third kappa shape index (κ3) is 5.37. The van der Waals surface area contributed by atoms with Crippen LogP contribution in [0.1, 0.15) is 36.2 Å². The van der Waals surface area contributed by atoms with E-state index in [1.807, 2.05) is 13.8 Å². The van der Waals surface area contributed by atoms with Gasteiger partial charge in [-0.15, -0.1) is 0 Å². The molecule has 0 aromatic heterocycles. The number of rotatable bonds is 7. The van der Waals surface area contributed by atoms with Crippen molar-refractivity contribution in [3.05, 3.63) is 65.5 Å². The van der Waals surface area contributed by atoms with Crippen molar-refractivity contribution in [2.24, 2.45) is 0 Å². The number of sulfonamides is 1. The zero-order valence-corrected chi connectivity index (χ0v) is 14.9. The fourth-order valence-electron chi connectivity index (χ4n) is 2.06. The molecule has 0 aliphatic carbocycles. The molecule has 134 valence electrons. The molecule has 7 heteroatoms. The summed E-state index contributed by atoms with van der Waals surface area (Å²) in [5, 5.41) is 2.87. The Balaban J connectivity index is 1.99. The summed E-state index contributed by atoms with van der Waals surface area (Å²) in [4.78, 5) is 12.0. The number of halogens is 1. The van der Waals surface area contributed by atoms with Crippen molar-refractivity contribution in [2.45, 2.75) is 37.8 Å². The second kappa shape index (κ2) is 8.22. The molecule has 0 unspecified atom stereocenters. The van der Waals surface area contributed by atoms with Crippen LogP contribution in [0, 0.1) is 5.82 Å². The molecule has 1 atom stereocenters. The highest BCUT2D eigenvalue weighted by atomic mass is 32.2. The molecule has 5 nitrogen and oxygen atoms in total. The zero-order chi connectivity index (χ0) is 18.4. The smallest absolute Gasteiger partial charge is 0.251 e. The average molecular weight is 364 g/mol. The van der Waals surface area contributed by atoms with Crippen LogP contribution in [0.25, 0.3) is 0 Å². The highest BCUT2D eigenvalue weighted by Gasteiger charge is 2.14. The Bertz CT molecular complexity index is 818. The average Bonchev–Trinajstić information content (AvgIpc) is 2.60. The van der Waals surface area contributed by atoms with Crippen molar-refractivity contribution < 1.29 is 17.6 Å². The Morgan fingerprint density at radius 2 is 1.68 bits per heavy atom. The van der Waals surface area contributed by atoms with E-state index in [-0.39, 0.29) is 23.4 Å². The first kappa shape index (κ1) is 19.1. The van der Waals surface area contributed by atoms with Gasteiger partial charge in [0.15, 0.2) is 0 Å². The molecular weight excluding hydrogens is 343 g/mol. The van der Waals surface area contributed by atoms with Gasteiger partial charge in [0.25, 0.3) is 5.91 Å². The fraction of sp³-hybridized carbons (Fsp3) is 0.278. The molecule has 0 bridgehead atoms. The summed E-state index contributed by atoms with van der Waals surface area (Å²) < 4.78 is 39.6.